The molecular formula is C13H19F2NO2. The Morgan fingerprint density at radius 2 is 2.00 bits per heavy atom. The van der Waals surface area contributed by atoms with E-state index in [1.54, 1.807) is 7.11 Å². The molecule has 0 aliphatic heterocycles. The maximum atomic E-state index is 13.4. The van der Waals surface area contributed by atoms with Gasteiger partial charge in [-0.1, -0.05) is 6.07 Å². The maximum Gasteiger partial charge on any atom is 0.130 e. The van der Waals surface area contributed by atoms with Crippen LogP contribution in [-0.4, -0.2) is 33.5 Å². The molecule has 0 aliphatic rings. The lowest BCUT2D eigenvalue weighted by Crippen LogP contribution is -2.24. The summed E-state index contributed by atoms with van der Waals surface area (Å²) in [7, 11) is 1.61. The molecule has 1 unspecified atom stereocenters. The number of nitrogens with one attached hydrogen (secondary N) is 1. The summed E-state index contributed by atoms with van der Waals surface area (Å²) in [4.78, 5) is 0. The zero-order chi connectivity index (χ0) is 13.4. The lowest BCUT2D eigenvalue weighted by Gasteiger charge is -2.15. The summed E-state index contributed by atoms with van der Waals surface area (Å²) >= 11 is 0. The van der Waals surface area contributed by atoms with Gasteiger partial charge < -0.3 is 14.8 Å². The van der Waals surface area contributed by atoms with Crippen molar-refractivity contribution in [3.63, 3.8) is 0 Å². The first-order chi connectivity index (χ1) is 8.65. The largest absolute Gasteiger partial charge is 0.382 e. The van der Waals surface area contributed by atoms with E-state index in [0.717, 1.165) is 6.07 Å². The van der Waals surface area contributed by atoms with Gasteiger partial charge in [0.25, 0.3) is 0 Å². The summed E-state index contributed by atoms with van der Waals surface area (Å²) in [6, 6.07) is 3.42. The van der Waals surface area contributed by atoms with E-state index >= 15 is 0 Å². The molecule has 1 atom stereocenters. The molecule has 0 spiro atoms. The highest BCUT2D eigenvalue weighted by Crippen LogP contribution is 2.17. The molecule has 1 aromatic rings. The smallest absolute Gasteiger partial charge is 0.130 e. The van der Waals surface area contributed by atoms with E-state index < -0.39 is 11.6 Å². The average molecular weight is 259 g/mol. The summed E-state index contributed by atoms with van der Waals surface area (Å²) in [6.07, 6.45) is 0. The van der Waals surface area contributed by atoms with Gasteiger partial charge in [-0.15, -0.1) is 0 Å². The van der Waals surface area contributed by atoms with Gasteiger partial charge in [0.05, 0.1) is 19.8 Å². The minimum atomic E-state index is -0.564. The Balaban J connectivity index is 2.29. The number of methoxy groups -OCH3 is 1. The molecule has 5 heteroatoms. The number of ether oxygens (including phenoxy) is 2. The van der Waals surface area contributed by atoms with Crippen LogP contribution >= 0.6 is 0 Å². The molecule has 0 aromatic heterocycles. The Bertz CT molecular complexity index is 361. The number of hydrogen-bond donors (Lipinski definition) is 1. The SMILES string of the molecule is COCCOCCNC(C)c1ccc(F)cc1F. The van der Waals surface area contributed by atoms with Gasteiger partial charge in [0, 0.05) is 31.3 Å². The number of hydrogen-bond acceptors (Lipinski definition) is 3. The van der Waals surface area contributed by atoms with Gasteiger partial charge in [-0.2, -0.15) is 0 Å². The first-order valence-electron chi connectivity index (χ1n) is 5.90. The Hall–Kier alpha value is -1.04. The molecule has 0 heterocycles. The molecule has 0 saturated carbocycles. The molecule has 0 fully saturated rings. The quantitative estimate of drug-likeness (QED) is 0.726. The van der Waals surface area contributed by atoms with E-state index in [2.05, 4.69) is 5.32 Å². The van der Waals surface area contributed by atoms with E-state index in [1.165, 1.54) is 12.1 Å². The Kier molecular flexibility index (Phi) is 6.78. The van der Waals surface area contributed by atoms with Crippen LogP contribution < -0.4 is 5.32 Å². The van der Waals surface area contributed by atoms with Crippen molar-refractivity contribution in [1.29, 1.82) is 0 Å². The monoisotopic (exact) mass is 259 g/mol. The highest BCUT2D eigenvalue weighted by molar-refractivity contribution is 5.21. The lowest BCUT2D eigenvalue weighted by atomic mass is 10.1. The molecule has 18 heavy (non-hydrogen) atoms. The second-order valence-corrected chi connectivity index (χ2v) is 3.95. The molecule has 0 amide bonds. The molecule has 1 N–H and O–H groups in total. The molecule has 0 radical (unpaired) electrons. The highest BCUT2D eigenvalue weighted by Gasteiger charge is 2.10. The zero-order valence-corrected chi connectivity index (χ0v) is 10.7. The predicted molar refractivity (Wildman–Crippen MR) is 65.5 cm³/mol. The molecule has 0 saturated heterocycles. The normalized spacial score (nSPS) is 12.7. The van der Waals surface area contributed by atoms with E-state index in [9.17, 15) is 8.78 Å². The molecular weight excluding hydrogens is 240 g/mol. The van der Waals surface area contributed by atoms with Crippen LogP contribution in [0.25, 0.3) is 0 Å². The first kappa shape index (κ1) is 15.0. The van der Waals surface area contributed by atoms with Crippen molar-refractivity contribution in [3.05, 3.63) is 35.4 Å². The molecule has 1 rings (SSSR count). The standard InChI is InChI=1S/C13H19F2NO2/c1-10(16-5-6-18-8-7-17-2)12-4-3-11(14)9-13(12)15/h3-4,9-10,16H,5-8H2,1-2H3. The number of rotatable bonds is 8. The molecule has 0 aliphatic carbocycles. The molecule has 102 valence electrons. The number of benzene rings is 1. The minimum Gasteiger partial charge on any atom is -0.382 e. The highest BCUT2D eigenvalue weighted by atomic mass is 19.1. The van der Waals surface area contributed by atoms with Crippen LogP contribution in [0.5, 0.6) is 0 Å². The average Bonchev–Trinajstić information content (AvgIpc) is 2.33. The van der Waals surface area contributed by atoms with Crippen molar-refractivity contribution in [2.75, 3.05) is 33.5 Å². The van der Waals surface area contributed by atoms with Crippen LogP contribution in [0.1, 0.15) is 18.5 Å². The fraction of sp³-hybridized carbons (Fsp3) is 0.538. The number of halogens is 2. The summed E-state index contributed by atoms with van der Waals surface area (Å²) in [6.45, 7) is 4.04. The van der Waals surface area contributed by atoms with Crippen LogP contribution in [0.4, 0.5) is 8.78 Å². The summed E-state index contributed by atoms with van der Waals surface area (Å²) in [5.74, 6) is -1.10. The molecule has 0 bridgehead atoms. The van der Waals surface area contributed by atoms with Gasteiger partial charge in [0.1, 0.15) is 11.6 Å². The first-order valence-corrected chi connectivity index (χ1v) is 5.90. The fourth-order valence-electron chi connectivity index (χ4n) is 1.55. The van der Waals surface area contributed by atoms with Gasteiger partial charge in [-0.3, -0.25) is 0 Å². The van der Waals surface area contributed by atoms with Gasteiger partial charge in [-0.05, 0) is 13.0 Å². The summed E-state index contributed by atoms with van der Waals surface area (Å²) in [5, 5.41) is 3.11. The van der Waals surface area contributed by atoms with Crippen LogP contribution in [0.3, 0.4) is 0 Å². The summed E-state index contributed by atoms with van der Waals surface area (Å²) < 4.78 is 36.3. The van der Waals surface area contributed by atoms with Crippen LogP contribution in [0.2, 0.25) is 0 Å². The van der Waals surface area contributed by atoms with Crippen LogP contribution in [0.15, 0.2) is 18.2 Å². The van der Waals surface area contributed by atoms with E-state index in [0.29, 0.717) is 31.9 Å². The van der Waals surface area contributed by atoms with E-state index in [1.807, 2.05) is 6.92 Å². The Morgan fingerprint density at radius 3 is 2.67 bits per heavy atom. The van der Waals surface area contributed by atoms with Crippen molar-refractivity contribution >= 4 is 0 Å². The van der Waals surface area contributed by atoms with Crippen LogP contribution in [0, 0.1) is 11.6 Å². The topological polar surface area (TPSA) is 30.5 Å². The predicted octanol–water partition coefficient (Wildman–Crippen LogP) is 2.28. The second-order valence-electron chi connectivity index (χ2n) is 3.95. The van der Waals surface area contributed by atoms with Gasteiger partial charge in [-0.25, -0.2) is 8.78 Å². The Morgan fingerprint density at radius 1 is 1.22 bits per heavy atom. The van der Waals surface area contributed by atoms with Gasteiger partial charge >= 0.3 is 0 Å². The molecule has 1 aromatic carbocycles. The van der Waals surface area contributed by atoms with Crippen molar-refractivity contribution < 1.29 is 18.3 Å². The lowest BCUT2D eigenvalue weighted by molar-refractivity contribution is 0.0712. The van der Waals surface area contributed by atoms with Crippen molar-refractivity contribution in [3.8, 4) is 0 Å². The second kappa shape index (κ2) is 8.13. The fourth-order valence-corrected chi connectivity index (χ4v) is 1.55. The van der Waals surface area contributed by atoms with Gasteiger partial charge in [0.2, 0.25) is 0 Å². The van der Waals surface area contributed by atoms with Crippen molar-refractivity contribution in [1.82, 2.24) is 5.32 Å². The third-order valence-electron chi connectivity index (χ3n) is 2.56. The molecule has 3 nitrogen and oxygen atoms in total. The zero-order valence-electron chi connectivity index (χ0n) is 10.7. The van der Waals surface area contributed by atoms with Crippen LogP contribution in [-0.2, 0) is 9.47 Å². The third kappa shape index (κ3) is 5.08. The third-order valence-corrected chi connectivity index (χ3v) is 2.56. The van der Waals surface area contributed by atoms with Crippen molar-refractivity contribution in [2.24, 2.45) is 0 Å². The summed E-state index contributed by atoms with van der Waals surface area (Å²) in [5.41, 5.74) is 0.452. The Labute approximate surface area is 106 Å². The van der Waals surface area contributed by atoms with Gasteiger partial charge in [0.15, 0.2) is 0 Å². The van der Waals surface area contributed by atoms with E-state index in [-0.39, 0.29) is 6.04 Å². The minimum absolute atomic E-state index is 0.184. The van der Waals surface area contributed by atoms with E-state index in [4.69, 9.17) is 9.47 Å². The maximum absolute atomic E-state index is 13.4. The van der Waals surface area contributed by atoms with Crippen molar-refractivity contribution in [2.45, 2.75) is 13.0 Å².